The summed E-state index contributed by atoms with van der Waals surface area (Å²) in [7, 11) is 0. The summed E-state index contributed by atoms with van der Waals surface area (Å²) in [6.07, 6.45) is 0.793. The fourth-order valence-corrected chi connectivity index (χ4v) is 10.1. The van der Waals surface area contributed by atoms with Crippen LogP contribution in [0.4, 0.5) is 0 Å². The number of unbranched alkanes of at least 4 members (excludes halogenated alkanes) is 1. The molecule has 35 heteroatoms. The van der Waals surface area contributed by atoms with E-state index in [0.29, 0.717) is 31.4 Å². The highest BCUT2D eigenvalue weighted by Crippen LogP contribution is 2.16. The minimum Gasteiger partial charge on any atom is -0.508 e. The number of primary amides is 1. The van der Waals surface area contributed by atoms with Crippen LogP contribution in [-0.2, 0) is 64.0 Å². The molecule has 26 N–H and O–H groups in total. The summed E-state index contributed by atoms with van der Waals surface area (Å²) in [6, 6.07) is -9.77. The fraction of sp³-hybridized carbons (Fsp3) is 0.672. The molecule has 0 aliphatic heterocycles. The Labute approximate surface area is 564 Å². The lowest BCUT2D eigenvalue weighted by atomic mass is 9.99. The van der Waals surface area contributed by atoms with Crippen molar-refractivity contribution in [3.8, 4) is 5.75 Å². The van der Waals surface area contributed by atoms with Crippen LogP contribution in [0.25, 0.3) is 0 Å². The molecular formula is C61H106N18O16S. The van der Waals surface area contributed by atoms with E-state index in [1.165, 1.54) is 36.0 Å². The molecule has 0 bridgehead atoms. The second kappa shape index (κ2) is 45.7. The van der Waals surface area contributed by atoms with Crippen LogP contribution in [0.3, 0.4) is 0 Å². The van der Waals surface area contributed by atoms with E-state index in [4.69, 9.17) is 33.8 Å². The molecule has 0 saturated heterocycles. The summed E-state index contributed by atoms with van der Waals surface area (Å²) >= 11 is 1.24. The van der Waals surface area contributed by atoms with Crippen LogP contribution in [0.5, 0.6) is 5.75 Å². The van der Waals surface area contributed by atoms with Crippen LogP contribution in [0.15, 0.2) is 24.3 Å². The second-order valence-corrected chi connectivity index (χ2v) is 25.3. The number of benzene rings is 1. The Morgan fingerprint density at radius 3 is 1.35 bits per heavy atom. The first-order valence-electron chi connectivity index (χ1n) is 32.1. The first-order chi connectivity index (χ1) is 45.2. The number of nitrogens with one attached hydrogen (secondary N) is 14. The number of aliphatic carboxylic acids is 1. The van der Waals surface area contributed by atoms with Crippen molar-refractivity contribution in [1.29, 1.82) is 10.8 Å². The Bertz CT molecular complexity index is 2730. The zero-order valence-corrected chi connectivity index (χ0v) is 57.0. The number of carboxylic acid groups (broad SMARTS) is 1. The summed E-state index contributed by atoms with van der Waals surface area (Å²) in [5.74, 6) is -13.3. The molecule has 1 aromatic rings. The van der Waals surface area contributed by atoms with Gasteiger partial charge in [-0.2, -0.15) is 11.8 Å². The normalized spacial score (nSPS) is 14.9. The van der Waals surface area contributed by atoms with Gasteiger partial charge in [-0.3, -0.25) is 68.4 Å². The third-order valence-corrected chi connectivity index (χ3v) is 15.5. The number of carboxylic acids is 1. The summed E-state index contributed by atoms with van der Waals surface area (Å²) in [4.78, 5) is 165. The number of aliphatic hydroxyl groups is 2. The molecule has 0 unspecified atom stereocenters. The van der Waals surface area contributed by atoms with Gasteiger partial charge in [0, 0.05) is 25.4 Å². The van der Waals surface area contributed by atoms with Gasteiger partial charge < -0.3 is 107 Å². The lowest BCUT2D eigenvalue weighted by Crippen LogP contribution is -2.62. The average Bonchev–Trinajstić information content (AvgIpc) is 0.989. The molecule has 1 rings (SSSR count). The van der Waals surface area contributed by atoms with Crippen molar-refractivity contribution in [2.45, 2.75) is 205 Å². The third kappa shape index (κ3) is 34.2. The summed E-state index contributed by atoms with van der Waals surface area (Å²) < 4.78 is 0. The first kappa shape index (κ1) is 85.4. The molecule has 0 aromatic heterocycles. The number of hydrogen-bond donors (Lipinski definition) is 22. The van der Waals surface area contributed by atoms with E-state index < -0.39 is 156 Å². The topological polar surface area (TPSA) is 582 Å². The predicted molar refractivity (Wildman–Crippen MR) is 359 cm³/mol. The van der Waals surface area contributed by atoms with E-state index >= 15 is 0 Å². The lowest BCUT2D eigenvalue weighted by molar-refractivity contribution is -0.142. The highest BCUT2D eigenvalue weighted by Gasteiger charge is 2.38. The fourth-order valence-electron chi connectivity index (χ4n) is 9.60. The second-order valence-electron chi connectivity index (χ2n) is 24.3. The molecule has 0 fully saturated rings. The van der Waals surface area contributed by atoms with Gasteiger partial charge >= 0.3 is 5.97 Å². The zero-order chi connectivity index (χ0) is 72.8. The summed E-state index contributed by atoms with van der Waals surface area (Å²) in [5, 5.41) is 86.5. The molecule has 0 aliphatic carbocycles. The molecule has 0 heterocycles. The van der Waals surface area contributed by atoms with Gasteiger partial charge in [0.15, 0.2) is 11.9 Å². The lowest BCUT2D eigenvalue weighted by Gasteiger charge is -2.29. The number of aromatic hydroxyl groups is 1. The number of thioether (sulfide) groups is 1. The van der Waals surface area contributed by atoms with Crippen LogP contribution < -0.4 is 86.7 Å². The first-order valence-corrected chi connectivity index (χ1v) is 33.5. The molecule has 0 spiro atoms. The van der Waals surface area contributed by atoms with Gasteiger partial charge in [0.1, 0.15) is 66.2 Å². The summed E-state index contributed by atoms with van der Waals surface area (Å²) in [5.41, 5.74) is 22.5. The van der Waals surface area contributed by atoms with E-state index in [1.54, 1.807) is 34.0 Å². The quantitative estimate of drug-likeness (QED) is 0.0168. The highest BCUT2D eigenvalue weighted by atomic mass is 32.2. The number of amides is 11. The highest BCUT2D eigenvalue weighted by molar-refractivity contribution is 7.98. The standard InChI is InChI=1S/C61H106N18O16S/c1-9-14-38(51(87)76-44(29-36-18-20-37(82)21-19-36)56(92)72-39(16-12-24-68-60(64)65)52(88)74-42(49(63)85)27-32(2)3)70-57(93)45(30-47(83)84)77-59(95)48(35(7)81)79-54(90)41(22-26-96-8)73-58(94)46(31-80)78-53(89)40(17-13-25-69-61(66)67)71-55(91)43(28-33(4)5)75-50(86)34(6)15-10-11-23-62/h18-21,32-35,38-46,48,80-82H,9-17,22-31,62H2,1-8H3,(H2,63,85)(H,70,93)(H,71,91)(H,72,92)(H,73,94)(H,74,88)(H,75,86)(H,76,87)(H,77,95)(H,78,89)(H,79,90)(H,83,84)(H4,64,65,68)(H4,66,67,69)/t34-,35+,38-,39-,40-,41+,42-,43-,44-,45-,46-,48-/m0/s1. The minimum absolute atomic E-state index is 0.0748. The van der Waals surface area contributed by atoms with Gasteiger partial charge in [0.25, 0.3) is 0 Å². The molecule has 0 saturated carbocycles. The van der Waals surface area contributed by atoms with Gasteiger partial charge in [-0.1, -0.05) is 66.5 Å². The SMILES string of the molecule is CCC[C@H](NC(=O)[C@H](CC(=O)O)NC(=O)[C@@H](NC(=O)[C@@H](CCSC)NC(=O)[C@H](CO)NC(=O)[C@H](CCCNC(=N)N)NC(=O)[C@H](CC(C)C)NC(=O)[C@@H](C)CCCCN)[C@@H](C)O)C(=O)N[C@@H](Cc1ccc(O)cc1)C(=O)N[C@@H](CCCNC(=N)N)C(=O)N[C@@H](CC(C)C)C(N)=O. The van der Waals surface area contributed by atoms with Gasteiger partial charge in [0.05, 0.1) is 19.1 Å². The molecule has 1 aromatic carbocycles. The van der Waals surface area contributed by atoms with Crippen LogP contribution >= 0.6 is 11.8 Å². The van der Waals surface area contributed by atoms with E-state index in [9.17, 15) is 78.0 Å². The van der Waals surface area contributed by atoms with Crippen LogP contribution in [0, 0.1) is 28.6 Å². The molecular weight excluding hydrogens is 1270 g/mol. The van der Waals surface area contributed by atoms with Crippen LogP contribution in [0.2, 0.25) is 0 Å². The number of carbonyl (C=O) groups excluding carboxylic acids is 11. The van der Waals surface area contributed by atoms with Gasteiger partial charge in [0.2, 0.25) is 65.0 Å². The molecule has 0 radical (unpaired) electrons. The van der Waals surface area contributed by atoms with Crippen molar-refractivity contribution >= 4 is 94.6 Å². The molecule has 0 aliphatic rings. The van der Waals surface area contributed by atoms with Crippen LogP contribution in [-0.4, -0.2) is 208 Å². The maximum absolute atomic E-state index is 14.3. The monoisotopic (exact) mass is 1380 g/mol. The molecule has 12 atom stereocenters. The number of hydrogen-bond acceptors (Lipinski definition) is 19. The van der Waals surface area contributed by atoms with E-state index in [0.717, 1.165) is 6.92 Å². The van der Waals surface area contributed by atoms with Gasteiger partial charge in [-0.05, 0) is 119 Å². The molecule has 542 valence electrons. The largest absolute Gasteiger partial charge is 0.508 e. The van der Waals surface area contributed by atoms with Crippen molar-refractivity contribution in [3.05, 3.63) is 29.8 Å². The number of aliphatic hydroxyl groups excluding tert-OH is 2. The number of phenolic OH excluding ortho intramolecular Hbond substituents is 1. The van der Waals surface area contributed by atoms with Crippen molar-refractivity contribution in [3.63, 3.8) is 0 Å². The number of carbonyl (C=O) groups is 12. The number of nitrogens with two attached hydrogens (primary N) is 4. The van der Waals surface area contributed by atoms with Crippen molar-refractivity contribution in [2.24, 2.45) is 40.7 Å². The Morgan fingerprint density at radius 1 is 0.500 bits per heavy atom. The number of guanidine groups is 2. The maximum Gasteiger partial charge on any atom is 0.305 e. The smallest absolute Gasteiger partial charge is 0.305 e. The Morgan fingerprint density at radius 2 is 0.906 bits per heavy atom. The van der Waals surface area contributed by atoms with Gasteiger partial charge in [-0.15, -0.1) is 0 Å². The number of rotatable bonds is 48. The maximum atomic E-state index is 14.3. The minimum atomic E-state index is -2.01. The Hall–Kier alpha value is -8.57. The van der Waals surface area contributed by atoms with E-state index in [2.05, 4.69) is 63.8 Å². The van der Waals surface area contributed by atoms with Crippen molar-refractivity contribution in [1.82, 2.24) is 63.8 Å². The van der Waals surface area contributed by atoms with E-state index in [1.807, 2.05) is 13.8 Å². The van der Waals surface area contributed by atoms with Crippen molar-refractivity contribution < 1.29 is 78.0 Å². The predicted octanol–water partition coefficient (Wildman–Crippen LogP) is -3.95. The van der Waals surface area contributed by atoms with Crippen molar-refractivity contribution in [2.75, 3.05) is 38.2 Å². The number of phenols is 1. The average molecular weight is 1380 g/mol. The molecule has 34 nitrogen and oxygen atoms in total. The van der Waals surface area contributed by atoms with Crippen LogP contribution in [0.1, 0.15) is 138 Å². The summed E-state index contributed by atoms with van der Waals surface area (Å²) in [6.45, 7) is 11.3. The van der Waals surface area contributed by atoms with E-state index in [-0.39, 0.29) is 113 Å². The third-order valence-electron chi connectivity index (χ3n) is 14.8. The Balaban J connectivity index is 3.56. The van der Waals surface area contributed by atoms with Gasteiger partial charge in [-0.25, -0.2) is 0 Å². The molecule has 96 heavy (non-hydrogen) atoms. The molecule has 11 amide bonds. The zero-order valence-electron chi connectivity index (χ0n) is 56.2. The Kier molecular flexibility index (Phi) is 40.7.